The Bertz CT molecular complexity index is 549. The lowest BCUT2D eigenvalue weighted by Crippen LogP contribution is -2.41. The fourth-order valence-corrected chi connectivity index (χ4v) is 1.87. The topological polar surface area (TPSA) is 69.6 Å². The molecule has 7 heteroatoms. The first-order valence-corrected chi connectivity index (χ1v) is 6.61. The molecule has 0 spiro atoms. The number of rotatable bonds is 5. The number of carbonyl (C=O) groups is 2. The van der Waals surface area contributed by atoms with E-state index in [2.05, 4.69) is 5.32 Å². The first-order chi connectivity index (χ1) is 9.81. The van der Waals surface area contributed by atoms with Crippen LogP contribution in [0.2, 0.25) is 0 Å². The summed E-state index contributed by atoms with van der Waals surface area (Å²) < 4.78 is 26.9. The minimum atomic E-state index is -1.53. The number of nitrogens with zero attached hydrogens (tertiary/aromatic N) is 1. The second-order valence-corrected chi connectivity index (χ2v) is 4.59. The summed E-state index contributed by atoms with van der Waals surface area (Å²) in [4.78, 5) is 24.4. The van der Waals surface area contributed by atoms with E-state index in [0.717, 1.165) is 6.07 Å². The number of carbonyl (C=O) groups excluding carboxylic acids is 1. The molecule has 0 fully saturated rings. The maximum Gasteiger partial charge on any atom is 0.338 e. The monoisotopic (exact) mass is 300 g/mol. The molecule has 116 valence electrons. The summed E-state index contributed by atoms with van der Waals surface area (Å²) >= 11 is 0. The predicted molar refractivity (Wildman–Crippen MR) is 74.5 cm³/mol. The van der Waals surface area contributed by atoms with Gasteiger partial charge in [0.25, 0.3) is 0 Å². The van der Waals surface area contributed by atoms with Crippen LogP contribution < -0.4 is 5.32 Å². The molecule has 0 saturated carbocycles. The number of anilines is 1. The van der Waals surface area contributed by atoms with E-state index >= 15 is 0 Å². The highest BCUT2D eigenvalue weighted by Crippen LogP contribution is 2.20. The lowest BCUT2D eigenvalue weighted by molar-refractivity contribution is 0.0691. The highest BCUT2D eigenvalue weighted by molar-refractivity contribution is 5.93. The largest absolute Gasteiger partial charge is 0.478 e. The minimum absolute atomic E-state index is 0.0579. The second kappa shape index (κ2) is 7.01. The molecule has 1 aromatic rings. The Balaban J connectivity index is 3.04. The number of carboxylic acid groups (broad SMARTS) is 1. The number of urea groups is 1. The van der Waals surface area contributed by atoms with Gasteiger partial charge in [0.15, 0.2) is 0 Å². The van der Waals surface area contributed by atoms with Gasteiger partial charge in [-0.2, -0.15) is 0 Å². The second-order valence-electron chi connectivity index (χ2n) is 4.59. The molecule has 0 heterocycles. The molecule has 2 amide bonds. The summed E-state index contributed by atoms with van der Waals surface area (Å²) in [5, 5.41) is 11.1. The maximum atomic E-state index is 13.6. The Morgan fingerprint density at radius 2 is 1.90 bits per heavy atom. The number of hydrogen-bond acceptors (Lipinski definition) is 2. The zero-order chi connectivity index (χ0) is 16.2. The number of nitrogens with one attached hydrogen (secondary N) is 1. The van der Waals surface area contributed by atoms with Gasteiger partial charge in [-0.25, -0.2) is 18.4 Å². The maximum absolute atomic E-state index is 13.6. The average molecular weight is 300 g/mol. The Labute approximate surface area is 121 Å². The van der Waals surface area contributed by atoms with Gasteiger partial charge in [0.1, 0.15) is 11.6 Å². The van der Waals surface area contributed by atoms with Crippen LogP contribution in [0.5, 0.6) is 0 Å². The summed E-state index contributed by atoms with van der Waals surface area (Å²) in [6.45, 7) is 5.93. The summed E-state index contributed by atoms with van der Waals surface area (Å²) in [6, 6.07) is 0.597. The van der Waals surface area contributed by atoms with Gasteiger partial charge < -0.3 is 15.3 Å². The van der Waals surface area contributed by atoms with Gasteiger partial charge in [0.05, 0.1) is 11.3 Å². The number of aromatic carboxylic acids is 1. The molecule has 0 bridgehead atoms. The molecule has 1 rings (SSSR count). The zero-order valence-corrected chi connectivity index (χ0v) is 12.1. The molecule has 1 atom stereocenters. The van der Waals surface area contributed by atoms with Gasteiger partial charge in [-0.05, 0) is 26.3 Å². The summed E-state index contributed by atoms with van der Waals surface area (Å²) in [5.74, 6) is -3.74. The van der Waals surface area contributed by atoms with Crippen LogP contribution in [0.1, 0.15) is 37.6 Å². The van der Waals surface area contributed by atoms with Crippen molar-refractivity contribution in [3.63, 3.8) is 0 Å². The smallest absolute Gasteiger partial charge is 0.338 e. The van der Waals surface area contributed by atoms with Crippen molar-refractivity contribution in [1.29, 1.82) is 0 Å². The van der Waals surface area contributed by atoms with Crippen LogP contribution >= 0.6 is 0 Å². The Morgan fingerprint density at radius 3 is 2.38 bits per heavy atom. The van der Waals surface area contributed by atoms with E-state index in [1.165, 1.54) is 4.90 Å². The molecule has 0 aliphatic carbocycles. The Hall–Kier alpha value is -2.18. The van der Waals surface area contributed by atoms with Crippen LogP contribution in [0.25, 0.3) is 0 Å². The Morgan fingerprint density at radius 1 is 1.29 bits per heavy atom. The van der Waals surface area contributed by atoms with Gasteiger partial charge in [0, 0.05) is 18.7 Å². The molecule has 0 aromatic heterocycles. The summed E-state index contributed by atoms with van der Waals surface area (Å²) in [5.41, 5.74) is -1.06. The van der Waals surface area contributed by atoms with E-state index in [0.29, 0.717) is 19.0 Å². The van der Waals surface area contributed by atoms with Crippen molar-refractivity contribution in [2.75, 3.05) is 11.9 Å². The van der Waals surface area contributed by atoms with Crippen LogP contribution in [0.15, 0.2) is 12.1 Å². The number of halogens is 2. The van der Waals surface area contributed by atoms with E-state index in [1.54, 1.807) is 6.92 Å². The third-order valence-electron chi connectivity index (χ3n) is 3.25. The Kier molecular flexibility index (Phi) is 5.63. The minimum Gasteiger partial charge on any atom is -0.478 e. The molecular weight excluding hydrogens is 282 g/mol. The van der Waals surface area contributed by atoms with Crippen LogP contribution in [0.3, 0.4) is 0 Å². The molecular formula is C14H18F2N2O3. The number of carboxylic acids is 1. The van der Waals surface area contributed by atoms with Gasteiger partial charge in [-0.15, -0.1) is 0 Å². The lowest BCUT2D eigenvalue weighted by Gasteiger charge is -2.27. The van der Waals surface area contributed by atoms with E-state index < -0.39 is 29.2 Å². The fourth-order valence-electron chi connectivity index (χ4n) is 1.87. The molecule has 1 unspecified atom stereocenters. The highest BCUT2D eigenvalue weighted by Gasteiger charge is 2.20. The molecule has 5 nitrogen and oxygen atoms in total. The summed E-state index contributed by atoms with van der Waals surface area (Å²) in [6.07, 6.45) is 0.716. The summed E-state index contributed by atoms with van der Waals surface area (Å²) in [7, 11) is 0. The van der Waals surface area contributed by atoms with Crippen molar-refractivity contribution < 1.29 is 23.5 Å². The van der Waals surface area contributed by atoms with E-state index in [4.69, 9.17) is 5.11 Å². The van der Waals surface area contributed by atoms with Crippen molar-refractivity contribution in [3.8, 4) is 0 Å². The molecule has 0 aliphatic rings. The molecule has 1 aromatic carbocycles. The third kappa shape index (κ3) is 3.90. The normalized spacial score (nSPS) is 11.9. The zero-order valence-electron chi connectivity index (χ0n) is 12.1. The predicted octanol–water partition coefficient (Wildman–Crippen LogP) is 3.32. The average Bonchev–Trinajstić information content (AvgIpc) is 2.41. The fraction of sp³-hybridized carbons (Fsp3) is 0.429. The van der Waals surface area contributed by atoms with Crippen LogP contribution in [-0.2, 0) is 0 Å². The SMILES string of the molecule is CCC(C)N(CC)C(=O)Nc1cc(C(=O)O)c(F)cc1F. The van der Waals surface area contributed by atoms with Gasteiger partial charge in [-0.1, -0.05) is 6.92 Å². The molecule has 0 radical (unpaired) electrons. The van der Waals surface area contributed by atoms with Crippen molar-refractivity contribution in [3.05, 3.63) is 29.3 Å². The quantitative estimate of drug-likeness (QED) is 0.876. The standard InChI is InChI=1S/C14H18F2N2O3/c1-4-8(3)18(5-2)14(21)17-12-6-9(13(19)20)10(15)7-11(12)16/h6-8H,4-5H2,1-3H3,(H,17,21)(H,19,20). The van der Waals surface area contributed by atoms with Crippen molar-refractivity contribution >= 4 is 17.7 Å². The van der Waals surface area contributed by atoms with Gasteiger partial charge in [0.2, 0.25) is 0 Å². The van der Waals surface area contributed by atoms with Gasteiger partial charge >= 0.3 is 12.0 Å². The third-order valence-corrected chi connectivity index (χ3v) is 3.25. The van der Waals surface area contributed by atoms with E-state index in [-0.39, 0.29) is 11.7 Å². The van der Waals surface area contributed by atoms with E-state index in [9.17, 15) is 18.4 Å². The van der Waals surface area contributed by atoms with Crippen LogP contribution in [0.4, 0.5) is 19.3 Å². The van der Waals surface area contributed by atoms with Crippen LogP contribution in [-0.4, -0.2) is 34.6 Å². The van der Waals surface area contributed by atoms with E-state index in [1.807, 2.05) is 13.8 Å². The van der Waals surface area contributed by atoms with Crippen molar-refractivity contribution in [2.45, 2.75) is 33.2 Å². The van der Waals surface area contributed by atoms with Crippen molar-refractivity contribution in [2.24, 2.45) is 0 Å². The first-order valence-electron chi connectivity index (χ1n) is 6.61. The molecule has 21 heavy (non-hydrogen) atoms. The number of hydrogen-bond donors (Lipinski definition) is 2. The highest BCUT2D eigenvalue weighted by atomic mass is 19.1. The first kappa shape index (κ1) is 16.9. The molecule has 0 aliphatic heterocycles. The van der Waals surface area contributed by atoms with Crippen molar-refractivity contribution in [1.82, 2.24) is 4.90 Å². The number of amides is 2. The van der Waals surface area contributed by atoms with Gasteiger partial charge in [-0.3, -0.25) is 0 Å². The molecule has 0 saturated heterocycles. The molecule has 2 N–H and O–H groups in total. The van der Waals surface area contributed by atoms with Crippen LogP contribution in [0, 0.1) is 11.6 Å². The lowest BCUT2D eigenvalue weighted by atomic mass is 10.1. The number of benzene rings is 1.